The minimum atomic E-state index is -0.233. The summed E-state index contributed by atoms with van der Waals surface area (Å²) in [4.78, 5) is 31.0. The molecule has 1 fully saturated rings. The van der Waals surface area contributed by atoms with E-state index in [1.54, 1.807) is 31.0 Å². The molecule has 0 radical (unpaired) electrons. The molecular weight excluding hydrogens is 292 g/mol. The van der Waals surface area contributed by atoms with Gasteiger partial charge in [0.25, 0.3) is 0 Å². The van der Waals surface area contributed by atoms with Crippen molar-refractivity contribution >= 4 is 11.9 Å². The second-order valence-electron chi connectivity index (χ2n) is 5.71. The van der Waals surface area contributed by atoms with Gasteiger partial charge in [-0.1, -0.05) is 0 Å². The van der Waals surface area contributed by atoms with E-state index in [4.69, 9.17) is 0 Å². The first-order valence-corrected chi connectivity index (χ1v) is 7.82. The Hall–Kier alpha value is -2.41. The Morgan fingerprint density at radius 3 is 2.87 bits per heavy atom. The van der Waals surface area contributed by atoms with Gasteiger partial charge in [0.1, 0.15) is 6.33 Å². The van der Waals surface area contributed by atoms with Crippen LogP contribution >= 0.6 is 0 Å². The number of carbonyl (C=O) groups is 1. The fourth-order valence-electron chi connectivity index (χ4n) is 2.89. The molecule has 2 atom stereocenters. The second-order valence-corrected chi connectivity index (χ2v) is 5.71. The Bertz CT molecular complexity index is 636. The van der Waals surface area contributed by atoms with Crippen LogP contribution in [0, 0.1) is 0 Å². The fourth-order valence-corrected chi connectivity index (χ4v) is 2.89. The van der Waals surface area contributed by atoms with Gasteiger partial charge in [0, 0.05) is 36.7 Å². The van der Waals surface area contributed by atoms with Crippen molar-refractivity contribution in [2.75, 3.05) is 18.4 Å². The average molecular weight is 312 g/mol. The van der Waals surface area contributed by atoms with Crippen molar-refractivity contribution in [3.8, 4) is 0 Å². The highest BCUT2D eigenvalue weighted by Crippen LogP contribution is 2.26. The van der Waals surface area contributed by atoms with Gasteiger partial charge in [0.2, 0.25) is 11.9 Å². The lowest BCUT2D eigenvalue weighted by atomic mass is 9.93. The number of likely N-dealkylation sites (tertiary alicyclic amines) is 1. The predicted octanol–water partition coefficient (Wildman–Crippen LogP) is 1.47. The monoisotopic (exact) mass is 312 g/mol. The van der Waals surface area contributed by atoms with Gasteiger partial charge in [-0.25, -0.2) is 19.9 Å². The minimum Gasteiger partial charge on any atom is -0.293 e. The Morgan fingerprint density at radius 2 is 2.13 bits per heavy atom. The van der Waals surface area contributed by atoms with Crippen LogP contribution in [0.25, 0.3) is 0 Å². The highest BCUT2D eigenvalue weighted by molar-refractivity contribution is 5.93. The van der Waals surface area contributed by atoms with Crippen molar-refractivity contribution in [3.63, 3.8) is 0 Å². The van der Waals surface area contributed by atoms with Crippen LogP contribution in [-0.4, -0.2) is 49.9 Å². The predicted molar refractivity (Wildman–Crippen MR) is 85.7 cm³/mol. The van der Waals surface area contributed by atoms with Crippen molar-refractivity contribution < 1.29 is 4.79 Å². The Kier molecular flexibility index (Phi) is 4.87. The molecule has 2 aromatic rings. The first-order chi connectivity index (χ1) is 11.2. The number of aromatic nitrogens is 4. The summed E-state index contributed by atoms with van der Waals surface area (Å²) in [5.41, 5.74) is 1.05. The van der Waals surface area contributed by atoms with Crippen LogP contribution in [-0.2, 0) is 4.79 Å². The number of piperidine rings is 1. The number of hydrogen-bond donors (Lipinski definition) is 1. The highest BCUT2D eigenvalue weighted by Gasteiger charge is 2.28. The van der Waals surface area contributed by atoms with E-state index in [2.05, 4.69) is 30.2 Å². The van der Waals surface area contributed by atoms with Crippen molar-refractivity contribution in [1.29, 1.82) is 0 Å². The van der Waals surface area contributed by atoms with Crippen LogP contribution in [0.4, 0.5) is 5.95 Å². The SMILES string of the molecule is C[C@@H](C(=O)Nc1ncccn1)N1CCC[C@H](c2ccncn2)C1. The maximum atomic E-state index is 12.4. The molecule has 23 heavy (non-hydrogen) atoms. The van der Waals surface area contributed by atoms with Crippen LogP contribution in [0.15, 0.2) is 37.1 Å². The average Bonchev–Trinajstić information content (AvgIpc) is 2.63. The van der Waals surface area contributed by atoms with E-state index in [-0.39, 0.29) is 11.9 Å². The van der Waals surface area contributed by atoms with Crippen molar-refractivity contribution in [2.45, 2.75) is 31.7 Å². The molecule has 0 aromatic carbocycles. The van der Waals surface area contributed by atoms with Crippen molar-refractivity contribution in [3.05, 3.63) is 42.7 Å². The van der Waals surface area contributed by atoms with Crippen LogP contribution < -0.4 is 5.32 Å². The quantitative estimate of drug-likeness (QED) is 0.920. The van der Waals surface area contributed by atoms with E-state index in [0.29, 0.717) is 11.9 Å². The topological polar surface area (TPSA) is 83.9 Å². The van der Waals surface area contributed by atoms with E-state index in [1.807, 2.05) is 13.0 Å². The largest absolute Gasteiger partial charge is 0.293 e. The summed E-state index contributed by atoms with van der Waals surface area (Å²) in [6.07, 6.45) is 8.71. The van der Waals surface area contributed by atoms with E-state index in [0.717, 1.165) is 31.6 Å². The highest BCUT2D eigenvalue weighted by atomic mass is 16.2. The molecule has 1 N–H and O–H groups in total. The number of nitrogens with one attached hydrogen (secondary N) is 1. The molecule has 0 aliphatic carbocycles. The molecule has 0 saturated carbocycles. The molecule has 120 valence electrons. The van der Waals surface area contributed by atoms with Crippen LogP contribution in [0.3, 0.4) is 0 Å². The summed E-state index contributed by atoms with van der Waals surface area (Å²) < 4.78 is 0. The molecule has 7 heteroatoms. The van der Waals surface area contributed by atoms with Gasteiger partial charge in [0.15, 0.2) is 0 Å². The molecule has 0 bridgehead atoms. The van der Waals surface area contributed by atoms with Gasteiger partial charge in [0.05, 0.1) is 6.04 Å². The Balaban J connectivity index is 1.62. The zero-order chi connectivity index (χ0) is 16.1. The number of amides is 1. The third-order valence-corrected chi connectivity index (χ3v) is 4.20. The summed E-state index contributed by atoms with van der Waals surface area (Å²) in [5, 5.41) is 2.77. The first-order valence-electron chi connectivity index (χ1n) is 7.82. The molecule has 3 heterocycles. The number of hydrogen-bond acceptors (Lipinski definition) is 6. The molecule has 0 spiro atoms. The molecular formula is C16H20N6O. The zero-order valence-corrected chi connectivity index (χ0v) is 13.1. The maximum Gasteiger partial charge on any atom is 0.243 e. The van der Waals surface area contributed by atoms with Gasteiger partial charge in [-0.2, -0.15) is 0 Å². The molecule has 0 unspecified atom stereocenters. The van der Waals surface area contributed by atoms with E-state index < -0.39 is 0 Å². The van der Waals surface area contributed by atoms with Gasteiger partial charge < -0.3 is 0 Å². The zero-order valence-electron chi connectivity index (χ0n) is 13.1. The van der Waals surface area contributed by atoms with Crippen LogP contribution in [0.5, 0.6) is 0 Å². The normalized spacial score (nSPS) is 20.0. The van der Waals surface area contributed by atoms with Gasteiger partial charge in [-0.15, -0.1) is 0 Å². The van der Waals surface area contributed by atoms with E-state index in [1.165, 1.54) is 0 Å². The number of anilines is 1. The van der Waals surface area contributed by atoms with E-state index >= 15 is 0 Å². The van der Waals surface area contributed by atoms with Gasteiger partial charge in [-0.05, 0) is 38.4 Å². The molecule has 3 rings (SSSR count). The Morgan fingerprint density at radius 1 is 1.30 bits per heavy atom. The first kappa shape index (κ1) is 15.5. The lowest BCUT2D eigenvalue weighted by molar-refractivity contribution is -0.121. The molecule has 1 aliphatic heterocycles. The lowest BCUT2D eigenvalue weighted by Crippen LogP contribution is -2.46. The van der Waals surface area contributed by atoms with Gasteiger partial charge in [-0.3, -0.25) is 15.0 Å². The molecule has 1 aliphatic rings. The maximum absolute atomic E-state index is 12.4. The molecule has 1 amide bonds. The smallest absolute Gasteiger partial charge is 0.243 e. The van der Waals surface area contributed by atoms with Crippen molar-refractivity contribution in [2.24, 2.45) is 0 Å². The number of nitrogens with zero attached hydrogens (tertiary/aromatic N) is 5. The fraction of sp³-hybridized carbons (Fsp3) is 0.438. The number of rotatable bonds is 4. The summed E-state index contributed by atoms with van der Waals surface area (Å²) in [6.45, 7) is 3.65. The molecule has 7 nitrogen and oxygen atoms in total. The third kappa shape index (κ3) is 3.87. The minimum absolute atomic E-state index is 0.0838. The van der Waals surface area contributed by atoms with Crippen LogP contribution in [0.1, 0.15) is 31.4 Å². The molecule has 2 aromatic heterocycles. The van der Waals surface area contributed by atoms with Gasteiger partial charge >= 0.3 is 0 Å². The molecule has 1 saturated heterocycles. The van der Waals surface area contributed by atoms with E-state index in [9.17, 15) is 4.79 Å². The van der Waals surface area contributed by atoms with Crippen molar-refractivity contribution in [1.82, 2.24) is 24.8 Å². The summed E-state index contributed by atoms with van der Waals surface area (Å²) >= 11 is 0. The lowest BCUT2D eigenvalue weighted by Gasteiger charge is -2.35. The summed E-state index contributed by atoms with van der Waals surface area (Å²) in [5.74, 6) is 0.600. The second kappa shape index (κ2) is 7.23. The number of carbonyl (C=O) groups excluding carboxylic acids is 1. The summed E-state index contributed by atoms with van der Waals surface area (Å²) in [6, 6.07) is 3.44. The standard InChI is InChI=1S/C16H20N6O/c1-12(15(23)21-16-18-6-3-7-19-16)22-9-2-4-13(10-22)14-5-8-17-11-20-14/h3,5-8,11-13H,2,4,9-10H2,1H3,(H,18,19,21,23)/t12-,13-/m0/s1. The summed E-state index contributed by atoms with van der Waals surface area (Å²) in [7, 11) is 0. The third-order valence-electron chi connectivity index (χ3n) is 4.20. The van der Waals surface area contributed by atoms with Crippen LogP contribution in [0.2, 0.25) is 0 Å². The Labute approximate surface area is 135 Å².